The first kappa shape index (κ1) is 25.9. The summed E-state index contributed by atoms with van der Waals surface area (Å²) in [5, 5.41) is 5.81. The van der Waals surface area contributed by atoms with Crippen LogP contribution >= 0.6 is 27.5 Å². The van der Waals surface area contributed by atoms with Crippen LogP contribution in [0.15, 0.2) is 75.0 Å². The number of fused-ring (bicyclic) bond motifs is 1. The van der Waals surface area contributed by atoms with Crippen LogP contribution in [-0.2, 0) is 6.61 Å². The molecule has 0 amide bonds. The molecule has 0 N–H and O–H groups in total. The van der Waals surface area contributed by atoms with Gasteiger partial charge in [-0.15, -0.1) is 0 Å². The van der Waals surface area contributed by atoms with Crippen LogP contribution in [0.3, 0.4) is 0 Å². The number of anilines is 1. The summed E-state index contributed by atoms with van der Waals surface area (Å²) in [5.74, 6) is 1.34. The molecule has 0 fully saturated rings. The van der Waals surface area contributed by atoms with E-state index in [-0.39, 0.29) is 11.5 Å². The van der Waals surface area contributed by atoms with Crippen LogP contribution < -0.4 is 15.2 Å². The monoisotopic (exact) mass is 566 g/mol. The van der Waals surface area contributed by atoms with Crippen LogP contribution in [0.2, 0.25) is 5.02 Å². The summed E-state index contributed by atoms with van der Waals surface area (Å²) in [6.07, 6.45) is 2.49. The Morgan fingerprint density at radius 2 is 1.89 bits per heavy atom. The number of benzene rings is 3. The summed E-state index contributed by atoms with van der Waals surface area (Å²) in [6, 6.07) is 19.0. The van der Waals surface area contributed by atoms with Crippen molar-refractivity contribution in [1.29, 1.82) is 0 Å². The van der Waals surface area contributed by atoms with Crippen molar-refractivity contribution in [2.24, 2.45) is 5.10 Å². The number of ether oxygens (including phenoxy) is 1. The molecule has 8 heteroatoms. The van der Waals surface area contributed by atoms with Crippen LogP contribution in [-0.4, -0.2) is 30.0 Å². The third-order valence-corrected chi connectivity index (χ3v) is 6.77. The summed E-state index contributed by atoms with van der Waals surface area (Å²) in [7, 11) is 3.95. The second-order valence-corrected chi connectivity index (χ2v) is 10.2. The van der Waals surface area contributed by atoms with E-state index in [2.05, 4.69) is 28.0 Å². The first-order valence-electron chi connectivity index (χ1n) is 11.7. The van der Waals surface area contributed by atoms with Gasteiger partial charge in [-0.3, -0.25) is 4.79 Å². The lowest BCUT2D eigenvalue weighted by atomic mass is 10.1. The zero-order valence-electron chi connectivity index (χ0n) is 20.7. The molecule has 36 heavy (non-hydrogen) atoms. The Balaban J connectivity index is 1.76. The van der Waals surface area contributed by atoms with Gasteiger partial charge in [-0.25, -0.2) is 4.98 Å². The Kier molecular flexibility index (Phi) is 8.11. The highest BCUT2D eigenvalue weighted by atomic mass is 79.9. The zero-order valence-corrected chi connectivity index (χ0v) is 23.0. The molecule has 1 atom stereocenters. The molecule has 0 aliphatic heterocycles. The molecular weight excluding hydrogens is 540 g/mol. The van der Waals surface area contributed by atoms with Crippen LogP contribution in [0.1, 0.15) is 43.1 Å². The topological polar surface area (TPSA) is 59.7 Å². The SMILES string of the molecule is CC[C@@H](C)c1nc2ccc(Br)cc2c(=O)n1N=Cc1ccc(N(C)C)cc1OCc1ccc(Cl)cc1. The molecule has 186 valence electrons. The third kappa shape index (κ3) is 5.79. The second-order valence-electron chi connectivity index (χ2n) is 8.83. The van der Waals surface area contributed by atoms with Crippen LogP contribution in [0, 0.1) is 0 Å². The van der Waals surface area contributed by atoms with Gasteiger partial charge in [0, 0.05) is 46.8 Å². The van der Waals surface area contributed by atoms with Crippen molar-refractivity contribution >= 4 is 50.3 Å². The number of halogens is 2. The highest BCUT2D eigenvalue weighted by Crippen LogP contribution is 2.26. The average molecular weight is 568 g/mol. The highest BCUT2D eigenvalue weighted by Gasteiger charge is 2.16. The number of hydrogen-bond donors (Lipinski definition) is 0. The maximum absolute atomic E-state index is 13.4. The average Bonchev–Trinajstić information content (AvgIpc) is 2.87. The lowest BCUT2D eigenvalue weighted by Gasteiger charge is -2.17. The summed E-state index contributed by atoms with van der Waals surface area (Å²) < 4.78 is 8.41. The molecule has 1 aromatic heterocycles. The fraction of sp³-hybridized carbons (Fsp3) is 0.250. The van der Waals surface area contributed by atoms with E-state index in [4.69, 9.17) is 21.3 Å². The van der Waals surface area contributed by atoms with E-state index < -0.39 is 0 Å². The predicted molar refractivity (Wildman–Crippen MR) is 152 cm³/mol. The first-order valence-corrected chi connectivity index (χ1v) is 12.9. The van der Waals surface area contributed by atoms with Crippen molar-refractivity contribution in [1.82, 2.24) is 9.66 Å². The quantitative estimate of drug-likeness (QED) is 0.218. The molecule has 1 heterocycles. The molecule has 0 saturated carbocycles. The van der Waals surface area contributed by atoms with Gasteiger partial charge in [0.25, 0.3) is 5.56 Å². The van der Waals surface area contributed by atoms with Gasteiger partial charge in [0.2, 0.25) is 0 Å². The minimum atomic E-state index is -0.207. The fourth-order valence-corrected chi connectivity index (χ4v) is 4.16. The molecule has 0 saturated heterocycles. The zero-order chi connectivity index (χ0) is 25.8. The lowest BCUT2D eigenvalue weighted by molar-refractivity contribution is 0.306. The predicted octanol–water partition coefficient (Wildman–Crippen LogP) is 6.85. The minimum Gasteiger partial charge on any atom is -0.488 e. The van der Waals surface area contributed by atoms with E-state index in [9.17, 15) is 4.79 Å². The summed E-state index contributed by atoms with van der Waals surface area (Å²) >= 11 is 9.47. The highest BCUT2D eigenvalue weighted by molar-refractivity contribution is 9.10. The summed E-state index contributed by atoms with van der Waals surface area (Å²) in [4.78, 5) is 20.2. The number of hydrogen-bond acceptors (Lipinski definition) is 5. The normalized spacial score (nSPS) is 12.3. The molecule has 0 aliphatic carbocycles. The van der Waals surface area contributed by atoms with E-state index in [1.165, 1.54) is 4.68 Å². The van der Waals surface area contributed by atoms with Crippen molar-refractivity contribution in [2.75, 3.05) is 19.0 Å². The van der Waals surface area contributed by atoms with Gasteiger partial charge >= 0.3 is 0 Å². The molecular formula is C28H28BrClN4O2. The molecule has 3 aromatic carbocycles. The summed E-state index contributed by atoms with van der Waals surface area (Å²) in [5.41, 5.74) is 3.20. The van der Waals surface area contributed by atoms with E-state index in [0.29, 0.717) is 34.1 Å². The molecule has 0 bridgehead atoms. The standard InChI is InChI=1S/C28H28BrClN4O2/c1-5-18(2)27-32-25-13-9-21(29)14-24(25)28(35)34(27)31-16-20-8-12-23(33(3)4)15-26(20)36-17-19-6-10-22(30)11-7-19/h6-16,18H,5,17H2,1-4H3/t18-/m1/s1. The molecule has 6 nitrogen and oxygen atoms in total. The minimum absolute atomic E-state index is 0.0552. The van der Waals surface area contributed by atoms with Gasteiger partial charge in [0.15, 0.2) is 0 Å². The van der Waals surface area contributed by atoms with Gasteiger partial charge in [0.1, 0.15) is 18.2 Å². The molecule has 0 radical (unpaired) electrons. The van der Waals surface area contributed by atoms with Crippen molar-refractivity contribution in [3.05, 3.63) is 97.5 Å². The van der Waals surface area contributed by atoms with Crippen molar-refractivity contribution in [3.63, 3.8) is 0 Å². The van der Waals surface area contributed by atoms with E-state index >= 15 is 0 Å². The van der Waals surface area contributed by atoms with Crippen LogP contribution in [0.4, 0.5) is 5.69 Å². The van der Waals surface area contributed by atoms with Gasteiger partial charge < -0.3 is 9.64 Å². The molecule has 0 unspecified atom stereocenters. The third-order valence-electron chi connectivity index (χ3n) is 6.02. The number of rotatable bonds is 8. The number of aromatic nitrogens is 2. The fourth-order valence-electron chi connectivity index (χ4n) is 3.67. The molecule has 0 aliphatic rings. The largest absolute Gasteiger partial charge is 0.488 e. The van der Waals surface area contributed by atoms with Crippen molar-refractivity contribution in [3.8, 4) is 5.75 Å². The molecule has 0 spiro atoms. The van der Waals surface area contributed by atoms with Crippen LogP contribution in [0.5, 0.6) is 5.75 Å². The van der Waals surface area contributed by atoms with Gasteiger partial charge in [-0.05, 0) is 54.4 Å². The Morgan fingerprint density at radius 1 is 1.14 bits per heavy atom. The van der Waals surface area contributed by atoms with Crippen molar-refractivity contribution in [2.45, 2.75) is 32.8 Å². The Bertz CT molecular complexity index is 1470. The van der Waals surface area contributed by atoms with E-state index in [1.54, 1.807) is 12.3 Å². The van der Waals surface area contributed by atoms with Gasteiger partial charge in [-0.2, -0.15) is 9.78 Å². The molecule has 4 aromatic rings. The van der Waals surface area contributed by atoms with E-state index in [1.807, 2.05) is 80.5 Å². The maximum Gasteiger partial charge on any atom is 0.282 e. The number of nitrogens with zero attached hydrogens (tertiary/aromatic N) is 4. The maximum atomic E-state index is 13.4. The van der Waals surface area contributed by atoms with Crippen molar-refractivity contribution < 1.29 is 4.74 Å². The van der Waals surface area contributed by atoms with Gasteiger partial charge in [-0.1, -0.05) is 53.5 Å². The van der Waals surface area contributed by atoms with Gasteiger partial charge in [0.05, 0.1) is 17.1 Å². The Morgan fingerprint density at radius 3 is 2.58 bits per heavy atom. The second kappa shape index (κ2) is 11.3. The van der Waals surface area contributed by atoms with E-state index in [0.717, 1.165) is 27.7 Å². The Labute approximate surface area is 224 Å². The Hall–Kier alpha value is -3.16. The lowest BCUT2D eigenvalue weighted by Crippen LogP contribution is -2.23. The first-order chi connectivity index (χ1) is 17.3. The molecule has 4 rings (SSSR count). The summed E-state index contributed by atoms with van der Waals surface area (Å²) in [6.45, 7) is 4.49. The smallest absolute Gasteiger partial charge is 0.282 e. The van der Waals surface area contributed by atoms with Crippen LogP contribution in [0.25, 0.3) is 10.9 Å².